The lowest BCUT2D eigenvalue weighted by Crippen LogP contribution is -2.36. The third-order valence-electron chi connectivity index (χ3n) is 3.36. The first-order valence-electron chi connectivity index (χ1n) is 7.84. The molecule has 127 valence electrons. The van der Waals surface area contributed by atoms with E-state index < -0.39 is 0 Å². The van der Waals surface area contributed by atoms with E-state index in [0.29, 0.717) is 17.5 Å². The molecule has 1 radical (unpaired) electrons. The van der Waals surface area contributed by atoms with E-state index in [1.807, 2.05) is 18.7 Å². The zero-order valence-corrected chi connectivity index (χ0v) is 14.8. The van der Waals surface area contributed by atoms with Crippen LogP contribution < -0.4 is 9.80 Å². The molecule has 1 aromatic heterocycles. The Morgan fingerprint density at radius 3 is 2.48 bits per heavy atom. The first kappa shape index (κ1) is 18.9. The van der Waals surface area contributed by atoms with Crippen molar-refractivity contribution >= 4 is 29.7 Å². The fraction of sp³-hybridized carbons (Fsp3) is 0.562. The van der Waals surface area contributed by atoms with Crippen LogP contribution in [0.1, 0.15) is 26.7 Å². The number of amides is 2. The van der Waals surface area contributed by atoms with Crippen molar-refractivity contribution in [1.29, 1.82) is 0 Å². The van der Waals surface area contributed by atoms with Crippen molar-refractivity contribution < 1.29 is 4.79 Å². The highest BCUT2D eigenvalue weighted by atomic mass is 16.2. The lowest BCUT2D eigenvalue weighted by atomic mass is 10.3. The summed E-state index contributed by atoms with van der Waals surface area (Å²) < 4.78 is 0. The van der Waals surface area contributed by atoms with Crippen molar-refractivity contribution in [2.45, 2.75) is 26.7 Å². The van der Waals surface area contributed by atoms with Crippen LogP contribution in [-0.2, 0) is 0 Å². The summed E-state index contributed by atoms with van der Waals surface area (Å²) in [5, 5.41) is 0. The largest absolute Gasteiger partial charge is 0.341 e. The summed E-state index contributed by atoms with van der Waals surface area (Å²) >= 11 is 0. The molecule has 0 aliphatic heterocycles. The molecule has 0 fully saturated rings. The zero-order chi connectivity index (χ0) is 17.4. The van der Waals surface area contributed by atoms with Gasteiger partial charge in [0.1, 0.15) is 5.69 Å². The number of unbranched alkanes of at least 4 members (excludes halogenated alkanes) is 1. The number of nitrogens with zero attached hydrogens (tertiary/aromatic N) is 6. The number of anilines is 2. The van der Waals surface area contributed by atoms with Crippen molar-refractivity contribution in [2.75, 3.05) is 44.0 Å². The lowest BCUT2D eigenvalue weighted by molar-refractivity contribution is 0.225. The Bertz CT molecular complexity index is 539. The summed E-state index contributed by atoms with van der Waals surface area (Å²) in [6, 6.07) is -0.155. The van der Waals surface area contributed by atoms with Gasteiger partial charge in [-0.15, -0.1) is 0 Å². The molecule has 2 amide bonds. The molecule has 0 spiro atoms. The Labute approximate surface area is 139 Å². The second kappa shape index (κ2) is 9.07. The smallest absolute Gasteiger partial charge is 0.323 e. The Kier molecular flexibility index (Phi) is 7.44. The number of hydrogen-bond donors (Lipinski definition) is 0. The molecule has 0 N–H and O–H groups in total. The second-order valence-corrected chi connectivity index (χ2v) is 5.24. The maximum Gasteiger partial charge on any atom is 0.323 e. The highest BCUT2D eigenvalue weighted by Gasteiger charge is 2.19. The minimum Gasteiger partial charge on any atom is -0.341 e. The van der Waals surface area contributed by atoms with Gasteiger partial charge in [-0.1, -0.05) is 6.92 Å². The van der Waals surface area contributed by atoms with Crippen LogP contribution >= 0.6 is 0 Å². The quantitative estimate of drug-likeness (QED) is 0.725. The van der Waals surface area contributed by atoms with Crippen molar-refractivity contribution in [2.24, 2.45) is 4.99 Å². The van der Waals surface area contributed by atoms with E-state index >= 15 is 0 Å². The van der Waals surface area contributed by atoms with Crippen LogP contribution in [0.2, 0.25) is 0 Å². The number of rotatable bonds is 7. The van der Waals surface area contributed by atoms with Crippen molar-refractivity contribution in [1.82, 2.24) is 14.9 Å². The maximum atomic E-state index is 12.2. The third kappa shape index (κ3) is 4.91. The molecule has 1 rings (SSSR count). The van der Waals surface area contributed by atoms with E-state index in [4.69, 9.17) is 0 Å². The summed E-state index contributed by atoms with van der Waals surface area (Å²) in [5.74, 6) is 1.11. The maximum absolute atomic E-state index is 12.2. The molecule has 0 aromatic carbocycles. The molecular weight excluding hydrogens is 292 g/mol. The average molecular weight is 319 g/mol. The number of aromatic nitrogens is 2. The Hall–Kier alpha value is -2.18. The SMILES string of the molecule is [CH2]CCC=Nc1nc(N(CC)CC)ncc1N(C)C(=O)N(C)C. The van der Waals surface area contributed by atoms with E-state index in [1.165, 1.54) is 9.80 Å². The average Bonchev–Trinajstić information content (AvgIpc) is 2.55. The van der Waals surface area contributed by atoms with Gasteiger partial charge in [0.25, 0.3) is 0 Å². The topological polar surface area (TPSA) is 64.9 Å². The van der Waals surface area contributed by atoms with E-state index in [2.05, 4.69) is 21.9 Å². The summed E-state index contributed by atoms with van der Waals surface area (Å²) in [7, 11) is 5.10. The molecular formula is C16H27N6O. The molecule has 0 bridgehead atoms. The number of carbonyl (C=O) groups is 1. The monoisotopic (exact) mass is 319 g/mol. The zero-order valence-electron chi connectivity index (χ0n) is 14.8. The van der Waals surface area contributed by atoms with Gasteiger partial charge in [-0.2, -0.15) is 4.98 Å². The fourth-order valence-electron chi connectivity index (χ4n) is 1.99. The summed E-state index contributed by atoms with van der Waals surface area (Å²) in [6.45, 7) is 9.51. The van der Waals surface area contributed by atoms with Gasteiger partial charge in [0, 0.05) is 40.4 Å². The number of hydrogen-bond acceptors (Lipinski definition) is 5. The van der Waals surface area contributed by atoms with Gasteiger partial charge in [-0.05, 0) is 26.7 Å². The minimum atomic E-state index is -0.155. The molecule has 7 heteroatoms. The predicted octanol–water partition coefficient (Wildman–Crippen LogP) is 2.76. The van der Waals surface area contributed by atoms with Gasteiger partial charge in [-0.25, -0.2) is 14.8 Å². The molecule has 0 saturated heterocycles. The molecule has 0 aliphatic carbocycles. The summed E-state index contributed by atoms with van der Waals surface area (Å²) in [5.41, 5.74) is 0.583. The molecule has 1 heterocycles. The molecule has 23 heavy (non-hydrogen) atoms. The van der Waals surface area contributed by atoms with Crippen molar-refractivity contribution in [3.63, 3.8) is 0 Å². The molecule has 0 saturated carbocycles. The van der Waals surface area contributed by atoms with Crippen LogP contribution in [0.25, 0.3) is 0 Å². The van der Waals surface area contributed by atoms with E-state index in [0.717, 1.165) is 25.9 Å². The third-order valence-corrected chi connectivity index (χ3v) is 3.36. The van der Waals surface area contributed by atoms with Gasteiger partial charge in [0.2, 0.25) is 5.95 Å². The van der Waals surface area contributed by atoms with Gasteiger partial charge in [-0.3, -0.25) is 4.90 Å². The fourth-order valence-corrected chi connectivity index (χ4v) is 1.99. The van der Waals surface area contributed by atoms with E-state index in [1.54, 1.807) is 33.6 Å². The standard InChI is InChI=1S/C16H27N6O/c1-7-10-11-17-14-13(21(6)16(23)20(4)5)12-18-15(19-14)22(8-2)9-3/h11-12H,1,7-10H2,2-6H3. The number of aliphatic imine (C=N–C) groups is 1. The minimum absolute atomic E-state index is 0.155. The highest BCUT2D eigenvalue weighted by Crippen LogP contribution is 2.27. The molecule has 0 aliphatic rings. The Morgan fingerprint density at radius 2 is 1.96 bits per heavy atom. The lowest BCUT2D eigenvalue weighted by Gasteiger charge is -2.24. The predicted molar refractivity (Wildman–Crippen MR) is 95.8 cm³/mol. The Balaban J connectivity index is 3.25. The summed E-state index contributed by atoms with van der Waals surface area (Å²) in [4.78, 5) is 30.6. The molecule has 7 nitrogen and oxygen atoms in total. The second-order valence-electron chi connectivity index (χ2n) is 5.24. The first-order chi connectivity index (χ1) is 11.0. The summed E-state index contributed by atoms with van der Waals surface area (Å²) in [6.07, 6.45) is 4.95. The van der Waals surface area contributed by atoms with Crippen LogP contribution in [0.5, 0.6) is 0 Å². The number of urea groups is 1. The van der Waals surface area contributed by atoms with Crippen molar-refractivity contribution in [3.05, 3.63) is 13.1 Å². The molecule has 0 atom stereocenters. The van der Waals surface area contributed by atoms with Gasteiger partial charge in [0.15, 0.2) is 5.82 Å². The molecule has 0 unspecified atom stereocenters. The normalized spacial score (nSPS) is 10.9. The van der Waals surface area contributed by atoms with Crippen LogP contribution in [0.3, 0.4) is 0 Å². The van der Waals surface area contributed by atoms with E-state index in [-0.39, 0.29) is 6.03 Å². The molecule has 1 aromatic rings. The van der Waals surface area contributed by atoms with Crippen LogP contribution in [0.15, 0.2) is 11.2 Å². The van der Waals surface area contributed by atoms with Gasteiger partial charge >= 0.3 is 6.03 Å². The Morgan fingerprint density at radius 1 is 1.30 bits per heavy atom. The van der Waals surface area contributed by atoms with Crippen LogP contribution in [-0.4, -0.2) is 61.3 Å². The van der Waals surface area contributed by atoms with E-state index in [9.17, 15) is 4.79 Å². The van der Waals surface area contributed by atoms with Crippen LogP contribution in [0.4, 0.5) is 22.2 Å². The highest BCUT2D eigenvalue weighted by molar-refractivity contribution is 5.94. The first-order valence-corrected chi connectivity index (χ1v) is 7.84. The number of carbonyl (C=O) groups excluding carboxylic acids is 1. The van der Waals surface area contributed by atoms with Gasteiger partial charge < -0.3 is 9.80 Å². The van der Waals surface area contributed by atoms with Gasteiger partial charge in [0.05, 0.1) is 6.20 Å². The van der Waals surface area contributed by atoms with Crippen LogP contribution in [0, 0.1) is 6.92 Å². The van der Waals surface area contributed by atoms with Crippen molar-refractivity contribution in [3.8, 4) is 0 Å².